The second-order valence-corrected chi connectivity index (χ2v) is 4.59. The number of esters is 2. The summed E-state index contributed by atoms with van der Waals surface area (Å²) in [5.41, 5.74) is 0. The Morgan fingerprint density at radius 2 is 1.78 bits per heavy atom. The Bertz CT molecular complexity index is 271. The molecule has 4 nitrogen and oxygen atoms in total. The third-order valence-corrected chi connectivity index (χ3v) is 2.61. The van der Waals surface area contributed by atoms with Crippen molar-refractivity contribution in [1.82, 2.24) is 0 Å². The van der Waals surface area contributed by atoms with Crippen LogP contribution in [0.1, 0.15) is 46.5 Å². The summed E-state index contributed by atoms with van der Waals surface area (Å²) in [5, 5.41) is 0. The molecule has 4 heteroatoms. The van der Waals surface area contributed by atoms with Crippen LogP contribution in [0.4, 0.5) is 0 Å². The summed E-state index contributed by atoms with van der Waals surface area (Å²) in [6.07, 6.45) is 3.40. The van der Waals surface area contributed by atoms with Gasteiger partial charge in [-0.05, 0) is 25.7 Å². The Labute approximate surface area is 109 Å². The molecule has 0 bridgehead atoms. The summed E-state index contributed by atoms with van der Waals surface area (Å²) in [6.45, 7) is 9.75. The second-order valence-electron chi connectivity index (χ2n) is 4.59. The zero-order valence-electron chi connectivity index (χ0n) is 11.6. The number of hydrogen-bond donors (Lipinski definition) is 0. The highest BCUT2D eigenvalue weighted by atomic mass is 16.5. The number of rotatable bonds is 9. The summed E-state index contributed by atoms with van der Waals surface area (Å²) in [6, 6.07) is 0. The van der Waals surface area contributed by atoms with E-state index in [9.17, 15) is 9.59 Å². The number of ether oxygens (including phenoxy) is 2. The molecule has 0 saturated heterocycles. The summed E-state index contributed by atoms with van der Waals surface area (Å²) >= 11 is 0. The molecule has 104 valence electrons. The van der Waals surface area contributed by atoms with Crippen molar-refractivity contribution in [3.05, 3.63) is 12.7 Å². The van der Waals surface area contributed by atoms with Gasteiger partial charge in [0.05, 0.1) is 19.4 Å². The van der Waals surface area contributed by atoms with Crippen LogP contribution in [0, 0.1) is 5.92 Å². The van der Waals surface area contributed by atoms with E-state index in [4.69, 9.17) is 9.47 Å². The lowest BCUT2D eigenvalue weighted by Crippen LogP contribution is -2.20. The van der Waals surface area contributed by atoms with Crippen LogP contribution in [0.5, 0.6) is 0 Å². The number of hydrogen-bond acceptors (Lipinski definition) is 4. The van der Waals surface area contributed by atoms with E-state index < -0.39 is 0 Å². The molecule has 0 spiro atoms. The Morgan fingerprint density at radius 3 is 2.33 bits per heavy atom. The van der Waals surface area contributed by atoms with Gasteiger partial charge in [0, 0.05) is 0 Å². The Balaban J connectivity index is 3.65. The fraction of sp³-hybridized carbons (Fsp3) is 0.714. The lowest BCUT2D eigenvalue weighted by molar-refractivity contribution is -0.154. The van der Waals surface area contributed by atoms with E-state index in [0.717, 1.165) is 12.8 Å². The van der Waals surface area contributed by atoms with E-state index in [0.29, 0.717) is 6.61 Å². The number of unbranched alkanes of at least 4 members (excludes halogenated alkanes) is 1. The van der Waals surface area contributed by atoms with E-state index in [1.165, 1.54) is 0 Å². The lowest BCUT2D eigenvalue weighted by Gasteiger charge is -2.16. The van der Waals surface area contributed by atoms with E-state index >= 15 is 0 Å². The molecule has 1 unspecified atom stereocenters. The first-order valence-electron chi connectivity index (χ1n) is 6.43. The quantitative estimate of drug-likeness (QED) is 0.361. The molecule has 0 aromatic rings. The fourth-order valence-corrected chi connectivity index (χ4v) is 1.09. The van der Waals surface area contributed by atoms with Gasteiger partial charge in [0.2, 0.25) is 0 Å². The molecule has 0 amide bonds. The minimum Gasteiger partial charge on any atom is -0.466 e. The van der Waals surface area contributed by atoms with Gasteiger partial charge < -0.3 is 9.47 Å². The van der Waals surface area contributed by atoms with Gasteiger partial charge in [0.25, 0.3) is 0 Å². The zero-order chi connectivity index (χ0) is 14.0. The van der Waals surface area contributed by atoms with Gasteiger partial charge in [0.15, 0.2) is 0 Å². The first kappa shape index (κ1) is 16.7. The van der Waals surface area contributed by atoms with Crippen molar-refractivity contribution in [3.63, 3.8) is 0 Å². The summed E-state index contributed by atoms with van der Waals surface area (Å²) in [4.78, 5) is 22.7. The van der Waals surface area contributed by atoms with Gasteiger partial charge >= 0.3 is 11.9 Å². The maximum absolute atomic E-state index is 11.4. The Kier molecular flexibility index (Phi) is 8.97. The predicted molar refractivity (Wildman–Crippen MR) is 70.0 cm³/mol. The van der Waals surface area contributed by atoms with Gasteiger partial charge in [-0.2, -0.15) is 0 Å². The van der Waals surface area contributed by atoms with Gasteiger partial charge in [-0.3, -0.25) is 9.59 Å². The molecular formula is C14H24O4. The second kappa shape index (κ2) is 9.68. The van der Waals surface area contributed by atoms with Crippen molar-refractivity contribution in [2.75, 3.05) is 6.61 Å². The van der Waals surface area contributed by atoms with Gasteiger partial charge in [-0.15, -0.1) is 6.58 Å². The molecule has 0 heterocycles. The predicted octanol–water partition coefficient (Wildman–Crippen LogP) is 2.86. The number of carbonyl (C=O) groups is 2. The smallest absolute Gasteiger partial charge is 0.306 e. The highest BCUT2D eigenvalue weighted by Crippen LogP contribution is 2.07. The first-order valence-corrected chi connectivity index (χ1v) is 6.43. The zero-order valence-corrected chi connectivity index (χ0v) is 11.6. The third-order valence-electron chi connectivity index (χ3n) is 2.61. The molecule has 18 heavy (non-hydrogen) atoms. The first-order chi connectivity index (χ1) is 8.47. The van der Waals surface area contributed by atoms with Crippen molar-refractivity contribution >= 4 is 11.9 Å². The lowest BCUT2D eigenvalue weighted by atomic mass is 10.1. The largest absolute Gasteiger partial charge is 0.466 e. The van der Waals surface area contributed by atoms with Crippen LogP contribution in [0.2, 0.25) is 0 Å². The highest BCUT2D eigenvalue weighted by molar-refractivity contribution is 5.77. The normalized spacial score (nSPS) is 12.0. The molecule has 0 radical (unpaired) electrons. The highest BCUT2D eigenvalue weighted by Gasteiger charge is 2.14. The SMILES string of the molecule is C=CCCCOC(=O)CCC(=O)OC(C)C(C)C. The Morgan fingerprint density at radius 1 is 1.17 bits per heavy atom. The maximum atomic E-state index is 11.4. The molecule has 0 aromatic carbocycles. The van der Waals surface area contributed by atoms with Crippen LogP contribution >= 0.6 is 0 Å². The van der Waals surface area contributed by atoms with Crippen molar-refractivity contribution in [1.29, 1.82) is 0 Å². The molecule has 0 saturated carbocycles. The van der Waals surface area contributed by atoms with Crippen molar-refractivity contribution in [3.8, 4) is 0 Å². The third kappa shape index (κ3) is 8.79. The van der Waals surface area contributed by atoms with Crippen LogP contribution < -0.4 is 0 Å². The number of allylic oxidation sites excluding steroid dienone is 1. The summed E-state index contributed by atoms with van der Waals surface area (Å²) < 4.78 is 10.1. The van der Waals surface area contributed by atoms with Crippen LogP contribution in [0.15, 0.2) is 12.7 Å². The standard InChI is InChI=1S/C14H24O4/c1-5-6-7-10-17-13(15)8-9-14(16)18-12(4)11(2)3/h5,11-12H,1,6-10H2,2-4H3. The van der Waals surface area contributed by atoms with Gasteiger partial charge in [-0.1, -0.05) is 19.9 Å². The maximum Gasteiger partial charge on any atom is 0.306 e. The summed E-state index contributed by atoms with van der Waals surface area (Å²) in [5.74, 6) is -0.424. The molecule has 0 aliphatic carbocycles. The molecule has 0 rings (SSSR count). The van der Waals surface area contributed by atoms with Crippen molar-refractivity contribution in [2.24, 2.45) is 5.92 Å². The van der Waals surface area contributed by atoms with E-state index in [1.807, 2.05) is 20.8 Å². The fourth-order valence-electron chi connectivity index (χ4n) is 1.09. The van der Waals surface area contributed by atoms with Gasteiger partial charge in [0.1, 0.15) is 6.10 Å². The molecule has 0 aliphatic rings. The van der Waals surface area contributed by atoms with Gasteiger partial charge in [-0.25, -0.2) is 0 Å². The minimum atomic E-state index is -0.354. The number of carbonyl (C=O) groups excluding carboxylic acids is 2. The molecule has 0 aliphatic heterocycles. The Hall–Kier alpha value is -1.32. The average molecular weight is 256 g/mol. The topological polar surface area (TPSA) is 52.6 Å². The molecule has 0 fully saturated rings. The monoisotopic (exact) mass is 256 g/mol. The van der Waals surface area contributed by atoms with Crippen molar-refractivity contribution < 1.29 is 19.1 Å². The average Bonchev–Trinajstić information content (AvgIpc) is 2.32. The minimum absolute atomic E-state index is 0.0807. The van der Waals surface area contributed by atoms with Crippen LogP contribution in [-0.4, -0.2) is 24.6 Å². The van der Waals surface area contributed by atoms with Crippen LogP contribution in [0.3, 0.4) is 0 Å². The molecular weight excluding hydrogens is 232 g/mol. The molecule has 1 atom stereocenters. The van der Waals surface area contributed by atoms with Crippen molar-refractivity contribution in [2.45, 2.75) is 52.6 Å². The van der Waals surface area contributed by atoms with E-state index in [-0.39, 0.29) is 36.8 Å². The molecule has 0 aromatic heterocycles. The van der Waals surface area contributed by atoms with Crippen LogP contribution in [-0.2, 0) is 19.1 Å². The summed E-state index contributed by atoms with van der Waals surface area (Å²) in [7, 11) is 0. The van der Waals surface area contributed by atoms with E-state index in [1.54, 1.807) is 6.08 Å². The molecule has 0 N–H and O–H groups in total. The van der Waals surface area contributed by atoms with Crippen LogP contribution in [0.25, 0.3) is 0 Å². The van der Waals surface area contributed by atoms with E-state index in [2.05, 4.69) is 6.58 Å².